The molecule has 0 unspecified atom stereocenters. The van der Waals surface area contributed by atoms with E-state index in [1.54, 1.807) is 12.5 Å². The zero-order valence-electron chi connectivity index (χ0n) is 22.1. The molecule has 1 aliphatic rings. The minimum absolute atomic E-state index is 0.0409. The number of benzene rings is 1. The van der Waals surface area contributed by atoms with Gasteiger partial charge in [-0.15, -0.1) is 0 Å². The summed E-state index contributed by atoms with van der Waals surface area (Å²) in [4.78, 5) is 29.6. The van der Waals surface area contributed by atoms with Gasteiger partial charge in [-0.05, 0) is 12.1 Å². The fourth-order valence-electron chi connectivity index (χ4n) is 4.59. The molecule has 5 aromatic rings. The predicted molar refractivity (Wildman–Crippen MR) is 143 cm³/mol. The number of carbonyl (C=O) groups is 1. The van der Waals surface area contributed by atoms with E-state index < -0.39 is 11.7 Å². The minimum atomic E-state index is -0.480. The predicted octanol–water partition coefficient (Wildman–Crippen LogP) is 2.87. The Labute approximate surface area is 233 Å². The van der Waals surface area contributed by atoms with Crippen LogP contribution in [0.1, 0.15) is 33.8 Å². The summed E-state index contributed by atoms with van der Waals surface area (Å²) >= 11 is 0. The van der Waals surface area contributed by atoms with Gasteiger partial charge in [0, 0.05) is 57.2 Å². The molecule has 0 fully saturated rings. The molecular formula is C28H28FN7O5. The van der Waals surface area contributed by atoms with Gasteiger partial charge < -0.3 is 33.5 Å². The second kappa shape index (κ2) is 12.2. The number of imidazole rings is 1. The number of nitrogens with one attached hydrogen (secondary N) is 2. The van der Waals surface area contributed by atoms with Crippen molar-refractivity contribution in [2.45, 2.75) is 32.4 Å². The van der Waals surface area contributed by atoms with E-state index in [0.717, 1.165) is 16.9 Å². The highest BCUT2D eigenvalue weighted by molar-refractivity contribution is 5.91. The van der Waals surface area contributed by atoms with E-state index in [-0.39, 0.29) is 17.9 Å². The zero-order chi connectivity index (χ0) is 28.0. The van der Waals surface area contributed by atoms with E-state index >= 15 is 0 Å². The number of fused-ring (bicyclic) bond motifs is 2. The first kappa shape index (κ1) is 26.4. The summed E-state index contributed by atoms with van der Waals surface area (Å²) in [7, 11) is 0. The van der Waals surface area contributed by atoms with E-state index in [0.29, 0.717) is 75.4 Å². The maximum absolute atomic E-state index is 13.7. The van der Waals surface area contributed by atoms with Crippen molar-refractivity contribution in [2.24, 2.45) is 0 Å². The summed E-state index contributed by atoms with van der Waals surface area (Å²) in [6.45, 7) is 2.90. The largest absolute Gasteiger partial charge is 0.486 e. The van der Waals surface area contributed by atoms with Crippen molar-refractivity contribution in [3.8, 4) is 11.5 Å². The van der Waals surface area contributed by atoms with Crippen LogP contribution in [0, 0.1) is 5.82 Å². The maximum atomic E-state index is 13.7. The lowest BCUT2D eigenvalue weighted by Crippen LogP contribution is -2.24. The first-order valence-corrected chi connectivity index (χ1v) is 13.3. The Bertz CT molecular complexity index is 1630. The van der Waals surface area contributed by atoms with E-state index in [4.69, 9.17) is 23.3 Å². The molecule has 1 amide bonds. The Hall–Kier alpha value is -4.78. The zero-order valence-corrected chi connectivity index (χ0v) is 22.1. The van der Waals surface area contributed by atoms with Crippen LogP contribution in [0.5, 0.6) is 11.5 Å². The first-order chi connectivity index (χ1) is 20.1. The SMILES string of the molecule is O=C(NCc1ncccc1F)c1coc(CCNCCc2nc3cc4c(cc3n2CCc2ncco2)OCCO4)n1. The second-order valence-electron chi connectivity index (χ2n) is 9.33. The lowest BCUT2D eigenvalue weighted by atomic mass is 10.2. The number of pyridine rings is 1. The number of amides is 1. The fourth-order valence-corrected chi connectivity index (χ4v) is 4.59. The summed E-state index contributed by atoms with van der Waals surface area (Å²) < 4.78 is 38.3. The molecule has 12 nitrogen and oxygen atoms in total. The van der Waals surface area contributed by atoms with Crippen LogP contribution < -0.4 is 20.1 Å². The molecule has 2 N–H and O–H groups in total. The molecule has 0 spiro atoms. The van der Waals surface area contributed by atoms with Crippen LogP contribution in [0.25, 0.3) is 11.0 Å². The lowest BCUT2D eigenvalue weighted by Gasteiger charge is -2.18. The Balaban J connectivity index is 1.03. The highest BCUT2D eigenvalue weighted by Crippen LogP contribution is 2.35. The van der Waals surface area contributed by atoms with Crippen molar-refractivity contribution in [1.82, 2.24) is 35.1 Å². The van der Waals surface area contributed by atoms with Gasteiger partial charge in [0.05, 0.1) is 29.5 Å². The van der Waals surface area contributed by atoms with Gasteiger partial charge in [0.2, 0.25) is 0 Å². The van der Waals surface area contributed by atoms with E-state index in [2.05, 4.69) is 30.2 Å². The molecule has 13 heteroatoms. The fraction of sp³-hybridized carbons (Fsp3) is 0.321. The van der Waals surface area contributed by atoms with Crippen LogP contribution in [0.4, 0.5) is 4.39 Å². The molecule has 0 atom stereocenters. The number of rotatable bonds is 12. The molecule has 0 bridgehead atoms. The lowest BCUT2D eigenvalue weighted by molar-refractivity contribution is 0.0945. The molecule has 0 aliphatic carbocycles. The second-order valence-corrected chi connectivity index (χ2v) is 9.33. The summed E-state index contributed by atoms with van der Waals surface area (Å²) in [5.41, 5.74) is 2.09. The number of aryl methyl sites for hydroxylation is 2. The summed E-state index contributed by atoms with van der Waals surface area (Å²) in [6, 6.07) is 6.69. The quantitative estimate of drug-likeness (QED) is 0.218. The number of carbonyl (C=O) groups excluding carboxylic acids is 1. The number of hydrogen-bond donors (Lipinski definition) is 2. The van der Waals surface area contributed by atoms with Gasteiger partial charge in [-0.1, -0.05) is 0 Å². The Morgan fingerprint density at radius 3 is 2.66 bits per heavy atom. The third-order valence-electron chi connectivity index (χ3n) is 6.60. The molecular weight excluding hydrogens is 533 g/mol. The topological polar surface area (TPSA) is 142 Å². The van der Waals surface area contributed by atoms with Gasteiger partial charge >= 0.3 is 0 Å². The molecule has 6 rings (SSSR count). The van der Waals surface area contributed by atoms with Gasteiger partial charge in [-0.3, -0.25) is 9.78 Å². The maximum Gasteiger partial charge on any atom is 0.273 e. The summed E-state index contributed by atoms with van der Waals surface area (Å²) in [5.74, 6) is 2.49. The number of nitrogens with zero attached hydrogens (tertiary/aromatic N) is 5. The Morgan fingerprint density at radius 1 is 0.976 bits per heavy atom. The molecule has 0 saturated heterocycles. The molecule has 0 radical (unpaired) electrons. The number of hydrogen-bond acceptors (Lipinski definition) is 10. The monoisotopic (exact) mass is 561 g/mol. The van der Waals surface area contributed by atoms with Crippen LogP contribution in [0.2, 0.25) is 0 Å². The average molecular weight is 562 g/mol. The minimum Gasteiger partial charge on any atom is -0.486 e. The summed E-state index contributed by atoms with van der Waals surface area (Å²) in [5, 5.41) is 5.99. The molecule has 1 aromatic carbocycles. The third kappa shape index (κ3) is 6.19. The number of ether oxygens (including phenoxy) is 2. The van der Waals surface area contributed by atoms with Gasteiger partial charge in [-0.2, -0.15) is 0 Å². The van der Waals surface area contributed by atoms with Crippen molar-refractivity contribution < 1.29 is 27.5 Å². The van der Waals surface area contributed by atoms with Crippen LogP contribution >= 0.6 is 0 Å². The summed E-state index contributed by atoms with van der Waals surface area (Å²) in [6.07, 6.45) is 7.77. The van der Waals surface area contributed by atoms with Crippen LogP contribution in [0.3, 0.4) is 0 Å². The number of halogens is 1. The highest BCUT2D eigenvalue weighted by atomic mass is 19.1. The highest BCUT2D eigenvalue weighted by Gasteiger charge is 2.19. The molecule has 5 heterocycles. The first-order valence-electron chi connectivity index (χ1n) is 13.3. The standard InChI is InChI=1S/C28H28FN7O5/c29-18-2-1-6-31-20(18)16-33-28(37)21-17-41-27(35-21)4-8-30-7-3-25-34-19-14-23-24(39-13-12-38-23)15-22(19)36(25)10-5-26-32-9-11-40-26/h1-2,6,9,11,14-15,17,30H,3-5,7-8,10,12-13,16H2,(H,33,37). The van der Waals surface area contributed by atoms with Crippen LogP contribution in [0.15, 0.2) is 58.0 Å². The number of aromatic nitrogens is 5. The van der Waals surface area contributed by atoms with Crippen molar-refractivity contribution >= 4 is 16.9 Å². The van der Waals surface area contributed by atoms with Gasteiger partial charge in [0.25, 0.3) is 5.91 Å². The average Bonchev–Trinajstić information content (AvgIpc) is 3.75. The van der Waals surface area contributed by atoms with Crippen LogP contribution in [-0.4, -0.2) is 56.7 Å². The molecule has 41 heavy (non-hydrogen) atoms. The van der Waals surface area contributed by atoms with Crippen molar-refractivity contribution in [1.29, 1.82) is 0 Å². The van der Waals surface area contributed by atoms with E-state index in [9.17, 15) is 9.18 Å². The third-order valence-corrected chi connectivity index (χ3v) is 6.60. The molecule has 4 aromatic heterocycles. The molecule has 1 aliphatic heterocycles. The molecule has 0 saturated carbocycles. The van der Waals surface area contributed by atoms with Gasteiger partial charge in [-0.25, -0.2) is 19.3 Å². The smallest absolute Gasteiger partial charge is 0.273 e. The normalized spacial score (nSPS) is 12.6. The number of oxazole rings is 2. The Kier molecular flexibility index (Phi) is 7.85. The van der Waals surface area contributed by atoms with Crippen molar-refractivity contribution in [2.75, 3.05) is 26.3 Å². The van der Waals surface area contributed by atoms with Crippen molar-refractivity contribution in [3.63, 3.8) is 0 Å². The van der Waals surface area contributed by atoms with Gasteiger partial charge in [0.15, 0.2) is 29.0 Å². The van der Waals surface area contributed by atoms with E-state index in [1.165, 1.54) is 24.6 Å². The van der Waals surface area contributed by atoms with Crippen LogP contribution in [-0.2, 0) is 32.4 Å². The Morgan fingerprint density at radius 2 is 1.83 bits per heavy atom. The van der Waals surface area contributed by atoms with E-state index in [1.807, 2.05) is 12.1 Å². The molecule has 212 valence electrons. The van der Waals surface area contributed by atoms with Crippen molar-refractivity contribution in [3.05, 3.63) is 84.0 Å². The van der Waals surface area contributed by atoms with Gasteiger partial charge in [0.1, 0.15) is 37.4 Å².